The Morgan fingerprint density at radius 3 is 2.86 bits per heavy atom. The number of thiophene rings is 1. The molecule has 5 nitrogen and oxygen atoms in total. The highest BCUT2D eigenvalue weighted by atomic mass is 32.1. The Morgan fingerprint density at radius 1 is 1.32 bits per heavy atom. The predicted molar refractivity (Wildman–Crippen MR) is 87.7 cm³/mol. The number of carbonyl (C=O) groups excluding carboxylic acids is 1. The molecule has 0 radical (unpaired) electrons. The summed E-state index contributed by atoms with van der Waals surface area (Å²) >= 11 is 1.24. The number of hydrogen-bond acceptors (Lipinski definition) is 4. The summed E-state index contributed by atoms with van der Waals surface area (Å²) in [6.45, 7) is 0.948. The van der Waals surface area contributed by atoms with E-state index >= 15 is 0 Å². The molecule has 2 aromatic rings. The molecule has 1 aliphatic rings. The molecule has 2 N–H and O–H groups in total. The van der Waals surface area contributed by atoms with Gasteiger partial charge in [-0.15, -0.1) is 11.3 Å². The third kappa shape index (κ3) is 2.98. The average Bonchev–Trinajstić information content (AvgIpc) is 2.91. The van der Waals surface area contributed by atoms with E-state index in [4.69, 9.17) is 5.11 Å². The topological polar surface area (TPSA) is 69.6 Å². The zero-order valence-corrected chi connectivity index (χ0v) is 13.2. The normalized spacial score (nSPS) is 19.2. The van der Waals surface area contributed by atoms with Crippen molar-refractivity contribution in [2.45, 2.75) is 25.3 Å². The Morgan fingerprint density at radius 2 is 2.14 bits per heavy atom. The molecule has 0 bridgehead atoms. The van der Waals surface area contributed by atoms with Gasteiger partial charge in [-0.05, 0) is 56.1 Å². The highest BCUT2D eigenvalue weighted by molar-refractivity contribution is 7.20. The fraction of sp³-hybridized carbons (Fsp3) is 0.375. The van der Waals surface area contributed by atoms with Crippen LogP contribution in [0.2, 0.25) is 0 Å². The Labute approximate surface area is 132 Å². The van der Waals surface area contributed by atoms with Gasteiger partial charge in [-0.1, -0.05) is 6.42 Å². The summed E-state index contributed by atoms with van der Waals surface area (Å²) < 4.78 is 0.908. The molecule has 0 aliphatic carbocycles. The molecular formula is C16H18N2O3S. The molecule has 116 valence electrons. The van der Waals surface area contributed by atoms with E-state index < -0.39 is 5.97 Å². The Balaban J connectivity index is 1.78. The van der Waals surface area contributed by atoms with Crippen molar-refractivity contribution >= 4 is 39.0 Å². The maximum atomic E-state index is 12.4. The first-order chi connectivity index (χ1) is 10.5. The van der Waals surface area contributed by atoms with Gasteiger partial charge in [-0.3, -0.25) is 9.69 Å². The molecule has 1 saturated heterocycles. The van der Waals surface area contributed by atoms with E-state index in [-0.39, 0.29) is 11.9 Å². The van der Waals surface area contributed by atoms with Crippen molar-refractivity contribution in [1.29, 1.82) is 0 Å². The number of likely N-dealkylation sites (N-methyl/N-ethyl adjacent to an activating group) is 1. The van der Waals surface area contributed by atoms with Gasteiger partial charge in [0.2, 0.25) is 5.91 Å². The molecule has 1 fully saturated rings. The molecule has 1 atom stereocenters. The van der Waals surface area contributed by atoms with Crippen LogP contribution < -0.4 is 5.32 Å². The van der Waals surface area contributed by atoms with Crippen molar-refractivity contribution < 1.29 is 14.7 Å². The number of anilines is 1. The lowest BCUT2D eigenvalue weighted by atomic mass is 10.0. The van der Waals surface area contributed by atoms with Crippen LogP contribution in [0.5, 0.6) is 0 Å². The van der Waals surface area contributed by atoms with E-state index in [0.29, 0.717) is 10.6 Å². The van der Waals surface area contributed by atoms with E-state index in [2.05, 4.69) is 10.2 Å². The monoisotopic (exact) mass is 318 g/mol. The van der Waals surface area contributed by atoms with Crippen LogP contribution in [0.15, 0.2) is 24.3 Å². The minimum atomic E-state index is -0.921. The highest BCUT2D eigenvalue weighted by Gasteiger charge is 2.25. The lowest BCUT2D eigenvalue weighted by Crippen LogP contribution is -2.44. The number of carboxylic acid groups (broad SMARTS) is 1. The van der Waals surface area contributed by atoms with Crippen LogP contribution >= 0.6 is 11.3 Å². The molecule has 3 rings (SSSR count). The molecule has 1 aliphatic heterocycles. The van der Waals surface area contributed by atoms with Crippen molar-refractivity contribution in [3.05, 3.63) is 29.1 Å². The molecule has 0 saturated carbocycles. The number of nitrogens with zero attached hydrogens (tertiary/aromatic N) is 1. The van der Waals surface area contributed by atoms with Gasteiger partial charge in [0, 0.05) is 10.4 Å². The summed E-state index contributed by atoms with van der Waals surface area (Å²) in [6, 6.07) is 7.07. The third-order valence-electron chi connectivity index (χ3n) is 4.07. The van der Waals surface area contributed by atoms with E-state index in [1.54, 1.807) is 6.07 Å². The van der Waals surface area contributed by atoms with Crippen LogP contribution in [0.25, 0.3) is 10.1 Å². The third-order valence-corrected chi connectivity index (χ3v) is 5.17. The maximum absolute atomic E-state index is 12.4. The zero-order valence-electron chi connectivity index (χ0n) is 12.3. The van der Waals surface area contributed by atoms with Gasteiger partial charge in [0.15, 0.2) is 0 Å². The van der Waals surface area contributed by atoms with Gasteiger partial charge >= 0.3 is 5.97 Å². The number of hydrogen-bond donors (Lipinski definition) is 2. The molecule has 1 aromatic carbocycles. The SMILES string of the molecule is CN1CCCCC1C(=O)Nc1ccc2sc(C(=O)O)cc2c1. The van der Waals surface area contributed by atoms with E-state index in [9.17, 15) is 9.59 Å². The van der Waals surface area contributed by atoms with Crippen molar-refractivity contribution in [2.24, 2.45) is 0 Å². The number of amides is 1. The zero-order chi connectivity index (χ0) is 15.7. The Bertz CT molecular complexity index is 725. The second-order valence-electron chi connectivity index (χ2n) is 5.65. The Hall–Kier alpha value is -1.92. The second-order valence-corrected chi connectivity index (χ2v) is 6.73. The number of piperidine rings is 1. The number of rotatable bonds is 3. The van der Waals surface area contributed by atoms with Crippen LogP contribution in [0.1, 0.15) is 28.9 Å². The molecule has 22 heavy (non-hydrogen) atoms. The summed E-state index contributed by atoms with van der Waals surface area (Å²) in [5, 5.41) is 12.8. The average molecular weight is 318 g/mol. The highest BCUT2D eigenvalue weighted by Crippen LogP contribution is 2.28. The number of carboxylic acids is 1. The van der Waals surface area contributed by atoms with E-state index in [0.717, 1.165) is 35.9 Å². The van der Waals surface area contributed by atoms with Gasteiger partial charge in [0.1, 0.15) is 4.88 Å². The van der Waals surface area contributed by atoms with Gasteiger partial charge in [0.05, 0.1) is 6.04 Å². The smallest absolute Gasteiger partial charge is 0.345 e. The summed E-state index contributed by atoms with van der Waals surface area (Å²) in [7, 11) is 1.98. The van der Waals surface area contributed by atoms with Gasteiger partial charge in [0.25, 0.3) is 0 Å². The van der Waals surface area contributed by atoms with Gasteiger partial charge < -0.3 is 10.4 Å². The summed E-state index contributed by atoms with van der Waals surface area (Å²) in [5.74, 6) is -0.911. The summed E-state index contributed by atoms with van der Waals surface area (Å²) in [5.41, 5.74) is 0.714. The van der Waals surface area contributed by atoms with E-state index in [1.807, 2.05) is 25.2 Å². The Kier molecular flexibility index (Phi) is 4.13. The van der Waals surface area contributed by atoms with Gasteiger partial charge in [-0.25, -0.2) is 4.79 Å². The number of benzene rings is 1. The fourth-order valence-electron chi connectivity index (χ4n) is 2.86. The first kappa shape index (κ1) is 15.0. The summed E-state index contributed by atoms with van der Waals surface area (Å²) in [6.07, 6.45) is 3.10. The number of aromatic carboxylic acids is 1. The summed E-state index contributed by atoms with van der Waals surface area (Å²) in [4.78, 5) is 25.8. The maximum Gasteiger partial charge on any atom is 0.345 e. The minimum Gasteiger partial charge on any atom is -0.477 e. The molecule has 1 amide bonds. The number of fused-ring (bicyclic) bond motifs is 1. The van der Waals surface area contributed by atoms with Gasteiger partial charge in [-0.2, -0.15) is 0 Å². The molecule has 1 unspecified atom stereocenters. The van der Waals surface area contributed by atoms with Crippen LogP contribution in [0.3, 0.4) is 0 Å². The molecule has 2 heterocycles. The largest absolute Gasteiger partial charge is 0.477 e. The van der Waals surface area contributed by atoms with Crippen LogP contribution in [0, 0.1) is 0 Å². The lowest BCUT2D eigenvalue weighted by molar-refractivity contribution is -0.121. The van der Waals surface area contributed by atoms with Crippen molar-refractivity contribution in [2.75, 3.05) is 18.9 Å². The van der Waals surface area contributed by atoms with Crippen LogP contribution in [0.4, 0.5) is 5.69 Å². The minimum absolute atomic E-state index is 0.00948. The predicted octanol–water partition coefficient (Wildman–Crippen LogP) is 3.02. The van der Waals surface area contributed by atoms with E-state index in [1.165, 1.54) is 11.3 Å². The van der Waals surface area contributed by atoms with Crippen molar-refractivity contribution in [3.8, 4) is 0 Å². The number of likely N-dealkylation sites (tertiary alicyclic amines) is 1. The molecule has 1 aromatic heterocycles. The fourth-order valence-corrected chi connectivity index (χ4v) is 3.74. The molecule has 6 heteroatoms. The van der Waals surface area contributed by atoms with Crippen molar-refractivity contribution in [1.82, 2.24) is 4.90 Å². The first-order valence-electron chi connectivity index (χ1n) is 7.32. The van der Waals surface area contributed by atoms with Crippen LogP contribution in [-0.4, -0.2) is 41.5 Å². The quantitative estimate of drug-likeness (QED) is 0.912. The molecular weight excluding hydrogens is 300 g/mol. The van der Waals surface area contributed by atoms with Crippen molar-refractivity contribution in [3.63, 3.8) is 0 Å². The number of nitrogens with one attached hydrogen (secondary N) is 1. The second kappa shape index (κ2) is 6.06. The number of carbonyl (C=O) groups is 2. The standard InChI is InChI=1S/C16H18N2O3S/c1-18-7-3-2-4-12(18)15(19)17-11-5-6-13-10(8-11)9-14(22-13)16(20)21/h5-6,8-9,12H,2-4,7H2,1H3,(H,17,19)(H,20,21). The van der Waals surface area contributed by atoms with Crippen LogP contribution in [-0.2, 0) is 4.79 Å². The molecule has 0 spiro atoms. The first-order valence-corrected chi connectivity index (χ1v) is 8.14. The lowest BCUT2D eigenvalue weighted by Gasteiger charge is -2.31.